The van der Waals surface area contributed by atoms with Crippen molar-refractivity contribution < 1.29 is 4.74 Å². The Kier molecular flexibility index (Phi) is 4.51. The molecule has 4 heteroatoms. The maximum atomic E-state index is 8.92. The van der Waals surface area contributed by atoms with Crippen molar-refractivity contribution in [2.75, 3.05) is 5.32 Å². The summed E-state index contributed by atoms with van der Waals surface area (Å²) in [6.45, 7) is 0.442. The van der Waals surface area contributed by atoms with Gasteiger partial charge >= 0.3 is 0 Å². The number of nitrogens with one attached hydrogen (secondary N) is 1. The van der Waals surface area contributed by atoms with Gasteiger partial charge in [0.15, 0.2) is 0 Å². The summed E-state index contributed by atoms with van der Waals surface area (Å²) in [4.78, 5) is 4.22. The van der Waals surface area contributed by atoms with Gasteiger partial charge in [-0.1, -0.05) is 12.1 Å². The zero-order chi connectivity index (χ0) is 15.9. The van der Waals surface area contributed by atoms with E-state index in [1.165, 1.54) is 0 Å². The largest absolute Gasteiger partial charge is 0.487 e. The van der Waals surface area contributed by atoms with Crippen LogP contribution in [0.1, 0.15) is 11.3 Å². The van der Waals surface area contributed by atoms with Crippen molar-refractivity contribution in [3.05, 3.63) is 84.2 Å². The van der Waals surface area contributed by atoms with Crippen LogP contribution in [0.4, 0.5) is 11.4 Å². The van der Waals surface area contributed by atoms with Crippen LogP contribution in [0.2, 0.25) is 0 Å². The van der Waals surface area contributed by atoms with Gasteiger partial charge in [0.05, 0.1) is 17.3 Å². The Bertz CT molecular complexity index is 808. The molecule has 0 amide bonds. The average molecular weight is 301 g/mol. The van der Waals surface area contributed by atoms with E-state index in [0.29, 0.717) is 12.2 Å². The van der Waals surface area contributed by atoms with Crippen LogP contribution in [0, 0.1) is 11.3 Å². The first-order chi connectivity index (χ1) is 11.3. The fraction of sp³-hybridized carbons (Fsp3) is 0.0526. The number of rotatable bonds is 5. The second kappa shape index (κ2) is 7.10. The molecule has 0 bridgehead atoms. The monoisotopic (exact) mass is 301 g/mol. The number of nitriles is 1. The van der Waals surface area contributed by atoms with Gasteiger partial charge in [0.1, 0.15) is 12.4 Å². The second-order valence-electron chi connectivity index (χ2n) is 4.95. The highest BCUT2D eigenvalue weighted by Crippen LogP contribution is 2.21. The molecule has 1 aromatic heterocycles. The van der Waals surface area contributed by atoms with Crippen LogP contribution in [-0.2, 0) is 6.61 Å². The Balaban J connectivity index is 1.61. The zero-order valence-electron chi connectivity index (χ0n) is 12.4. The molecule has 0 aliphatic rings. The molecule has 1 N–H and O–H groups in total. The van der Waals surface area contributed by atoms with Gasteiger partial charge in [-0.3, -0.25) is 4.98 Å². The predicted molar refractivity (Wildman–Crippen MR) is 89.5 cm³/mol. The van der Waals surface area contributed by atoms with Crippen molar-refractivity contribution in [1.29, 1.82) is 5.26 Å². The molecule has 4 nitrogen and oxygen atoms in total. The SMILES string of the molecule is N#Cc1cccc(Nc2ccc(OCc3ccccn3)cc2)c1. The van der Waals surface area contributed by atoms with Crippen molar-refractivity contribution in [3.8, 4) is 11.8 Å². The molecule has 0 aliphatic carbocycles. The predicted octanol–water partition coefficient (Wildman–Crippen LogP) is 4.28. The lowest BCUT2D eigenvalue weighted by Crippen LogP contribution is -1.97. The zero-order valence-corrected chi connectivity index (χ0v) is 12.4. The summed E-state index contributed by atoms with van der Waals surface area (Å²) >= 11 is 0. The third-order valence-corrected chi connectivity index (χ3v) is 3.25. The molecule has 0 saturated heterocycles. The number of benzene rings is 2. The normalized spacial score (nSPS) is 9.87. The summed E-state index contributed by atoms with van der Waals surface area (Å²) in [6.07, 6.45) is 1.75. The molecule has 0 saturated carbocycles. The fourth-order valence-corrected chi connectivity index (χ4v) is 2.11. The first-order valence-corrected chi connectivity index (χ1v) is 7.23. The van der Waals surface area contributed by atoms with Crippen LogP contribution in [-0.4, -0.2) is 4.98 Å². The van der Waals surface area contributed by atoms with Gasteiger partial charge in [0, 0.05) is 17.6 Å². The first-order valence-electron chi connectivity index (χ1n) is 7.23. The van der Waals surface area contributed by atoms with Gasteiger partial charge in [0.25, 0.3) is 0 Å². The fourth-order valence-electron chi connectivity index (χ4n) is 2.11. The number of hydrogen-bond acceptors (Lipinski definition) is 4. The number of nitrogens with zero attached hydrogens (tertiary/aromatic N) is 2. The van der Waals surface area contributed by atoms with Crippen molar-refractivity contribution >= 4 is 11.4 Å². The Morgan fingerprint density at radius 2 is 1.83 bits per heavy atom. The van der Waals surface area contributed by atoms with Crippen molar-refractivity contribution in [3.63, 3.8) is 0 Å². The molecule has 0 fully saturated rings. The van der Waals surface area contributed by atoms with Crippen LogP contribution < -0.4 is 10.1 Å². The number of pyridine rings is 1. The summed E-state index contributed by atoms with van der Waals surface area (Å²) < 4.78 is 5.70. The number of hydrogen-bond donors (Lipinski definition) is 1. The van der Waals surface area contributed by atoms with Gasteiger partial charge in [-0.05, 0) is 54.6 Å². The molecular weight excluding hydrogens is 286 g/mol. The quantitative estimate of drug-likeness (QED) is 0.764. The highest BCUT2D eigenvalue weighted by Gasteiger charge is 1.99. The van der Waals surface area contributed by atoms with Crippen molar-refractivity contribution in [1.82, 2.24) is 4.98 Å². The van der Waals surface area contributed by atoms with Crippen LogP contribution >= 0.6 is 0 Å². The number of aromatic nitrogens is 1. The Hall–Kier alpha value is -3.32. The standard InChI is InChI=1S/C19H15N3O/c20-13-15-4-3-6-17(12-15)22-16-7-9-19(10-8-16)23-14-18-5-1-2-11-21-18/h1-12,22H,14H2. The van der Waals surface area contributed by atoms with E-state index in [1.807, 2.05) is 60.7 Å². The molecule has 0 unspecified atom stereocenters. The topological polar surface area (TPSA) is 57.9 Å². The summed E-state index contributed by atoms with van der Waals surface area (Å²) in [5.74, 6) is 0.784. The Morgan fingerprint density at radius 3 is 2.57 bits per heavy atom. The lowest BCUT2D eigenvalue weighted by atomic mass is 10.2. The molecule has 2 aromatic carbocycles. The van der Waals surface area contributed by atoms with E-state index < -0.39 is 0 Å². The lowest BCUT2D eigenvalue weighted by molar-refractivity contribution is 0.301. The van der Waals surface area contributed by atoms with E-state index >= 15 is 0 Å². The van der Waals surface area contributed by atoms with Gasteiger partial charge in [-0.2, -0.15) is 5.26 Å². The molecule has 23 heavy (non-hydrogen) atoms. The molecule has 0 spiro atoms. The molecule has 1 heterocycles. The number of ether oxygens (including phenoxy) is 1. The second-order valence-corrected chi connectivity index (χ2v) is 4.95. The molecule has 3 rings (SSSR count). The average Bonchev–Trinajstić information content (AvgIpc) is 2.62. The third-order valence-electron chi connectivity index (χ3n) is 3.25. The van der Waals surface area contributed by atoms with E-state index in [1.54, 1.807) is 12.3 Å². The molecule has 0 atom stereocenters. The minimum Gasteiger partial charge on any atom is -0.487 e. The van der Waals surface area contributed by atoms with Gasteiger partial charge < -0.3 is 10.1 Å². The van der Waals surface area contributed by atoms with Crippen LogP contribution in [0.5, 0.6) is 5.75 Å². The van der Waals surface area contributed by atoms with Gasteiger partial charge in [-0.25, -0.2) is 0 Å². The maximum absolute atomic E-state index is 8.92. The highest BCUT2D eigenvalue weighted by atomic mass is 16.5. The summed E-state index contributed by atoms with van der Waals surface area (Å²) in [6, 6.07) is 22.9. The molecular formula is C19H15N3O. The van der Waals surface area contributed by atoms with Crippen LogP contribution in [0.25, 0.3) is 0 Å². The lowest BCUT2D eigenvalue weighted by Gasteiger charge is -2.09. The summed E-state index contributed by atoms with van der Waals surface area (Å²) in [5, 5.41) is 12.2. The smallest absolute Gasteiger partial charge is 0.130 e. The minimum absolute atomic E-state index is 0.442. The minimum atomic E-state index is 0.442. The van der Waals surface area contributed by atoms with Crippen LogP contribution in [0.3, 0.4) is 0 Å². The first kappa shape index (κ1) is 14.6. The Morgan fingerprint density at radius 1 is 0.957 bits per heavy atom. The molecule has 112 valence electrons. The van der Waals surface area contributed by atoms with Gasteiger partial charge in [0.2, 0.25) is 0 Å². The van der Waals surface area contributed by atoms with Crippen LogP contribution in [0.15, 0.2) is 72.9 Å². The summed E-state index contributed by atoms with van der Waals surface area (Å²) in [5.41, 5.74) is 3.34. The van der Waals surface area contributed by atoms with Crippen molar-refractivity contribution in [2.45, 2.75) is 6.61 Å². The Labute approximate surface area is 135 Å². The van der Waals surface area contributed by atoms with E-state index in [0.717, 1.165) is 22.8 Å². The molecule has 0 aliphatic heterocycles. The highest BCUT2D eigenvalue weighted by molar-refractivity contribution is 5.61. The van der Waals surface area contributed by atoms with Gasteiger partial charge in [-0.15, -0.1) is 0 Å². The van der Waals surface area contributed by atoms with E-state index in [4.69, 9.17) is 10.00 Å². The molecule has 0 radical (unpaired) electrons. The molecule has 3 aromatic rings. The third kappa shape index (κ3) is 4.08. The van der Waals surface area contributed by atoms with E-state index in [9.17, 15) is 0 Å². The van der Waals surface area contributed by atoms with E-state index in [2.05, 4.69) is 16.4 Å². The number of anilines is 2. The maximum Gasteiger partial charge on any atom is 0.130 e. The summed E-state index contributed by atoms with van der Waals surface area (Å²) in [7, 11) is 0. The van der Waals surface area contributed by atoms with Crippen molar-refractivity contribution in [2.24, 2.45) is 0 Å². The van der Waals surface area contributed by atoms with E-state index in [-0.39, 0.29) is 0 Å².